The second-order valence-corrected chi connectivity index (χ2v) is 9.64. The molecule has 2 aromatic rings. The number of ether oxygens (including phenoxy) is 1. The van der Waals surface area contributed by atoms with Crippen LogP contribution in [0.25, 0.3) is 0 Å². The first-order valence-corrected chi connectivity index (χ1v) is 10.8. The van der Waals surface area contributed by atoms with Crippen molar-refractivity contribution in [3.8, 4) is 5.75 Å². The van der Waals surface area contributed by atoms with Gasteiger partial charge in [0.25, 0.3) is 0 Å². The minimum Gasteiger partial charge on any atom is -0.482 e. The number of halogens is 2. The largest absolute Gasteiger partial charge is 0.482 e. The van der Waals surface area contributed by atoms with E-state index < -0.39 is 15.7 Å². The molecular weight excluding hydrogens is 425 g/mol. The molecule has 0 saturated carbocycles. The van der Waals surface area contributed by atoms with Gasteiger partial charge in [0.05, 0.1) is 11.5 Å². The van der Waals surface area contributed by atoms with Crippen LogP contribution >= 0.6 is 15.9 Å². The molecule has 1 aliphatic rings. The van der Waals surface area contributed by atoms with Gasteiger partial charge in [-0.2, -0.15) is 0 Å². The molecule has 1 aromatic heterocycles. The van der Waals surface area contributed by atoms with E-state index in [0.717, 1.165) is 11.4 Å². The number of sulfone groups is 1. The van der Waals surface area contributed by atoms with Gasteiger partial charge < -0.3 is 9.30 Å². The molecule has 1 aromatic carbocycles. The fraction of sp³-hybridized carbons (Fsp3) is 0.389. The highest BCUT2D eigenvalue weighted by Gasteiger charge is 2.31. The van der Waals surface area contributed by atoms with E-state index in [1.54, 1.807) is 19.1 Å². The highest BCUT2D eigenvalue weighted by Crippen LogP contribution is 2.29. The van der Waals surface area contributed by atoms with Crippen molar-refractivity contribution in [2.75, 3.05) is 18.1 Å². The van der Waals surface area contributed by atoms with Crippen LogP contribution in [0, 0.1) is 19.7 Å². The zero-order valence-corrected chi connectivity index (χ0v) is 16.9. The van der Waals surface area contributed by atoms with Crippen LogP contribution in [0.15, 0.2) is 28.7 Å². The van der Waals surface area contributed by atoms with Crippen molar-refractivity contribution in [1.29, 1.82) is 0 Å². The number of nitrogens with zero attached hydrogens (tertiary/aromatic N) is 1. The summed E-state index contributed by atoms with van der Waals surface area (Å²) in [5.74, 6) is -0.541. The molecule has 2 heterocycles. The third-order valence-electron chi connectivity index (χ3n) is 4.61. The lowest BCUT2D eigenvalue weighted by Gasteiger charge is -2.16. The van der Waals surface area contributed by atoms with E-state index in [0.29, 0.717) is 16.5 Å². The summed E-state index contributed by atoms with van der Waals surface area (Å²) in [5, 5.41) is 0. The molecule has 5 nitrogen and oxygen atoms in total. The van der Waals surface area contributed by atoms with Crippen LogP contribution in [0.4, 0.5) is 4.39 Å². The number of hydrogen-bond donors (Lipinski definition) is 0. The number of carbonyl (C=O) groups excluding carboxylic acids is 1. The Labute approximate surface area is 160 Å². The van der Waals surface area contributed by atoms with Crippen LogP contribution in [-0.4, -0.2) is 36.9 Å². The highest BCUT2D eigenvalue weighted by atomic mass is 79.9. The molecule has 0 spiro atoms. The van der Waals surface area contributed by atoms with E-state index in [1.165, 1.54) is 12.1 Å². The summed E-state index contributed by atoms with van der Waals surface area (Å²) in [4.78, 5) is 12.5. The van der Waals surface area contributed by atoms with Crippen LogP contribution in [0.3, 0.4) is 0 Å². The third kappa shape index (κ3) is 3.86. The zero-order valence-electron chi connectivity index (χ0n) is 14.5. The molecule has 26 heavy (non-hydrogen) atoms. The Morgan fingerprint density at radius 1 is 1.35 bits per heavy atom. The number of hydrogen-bond acceptors (Lipinski definition) is 4. The predicted molar refractivity (Wildman–Crippen MR) is 100 cm³/mol. The zero-order chi connectivity index (χ0) is 19.1. The van der Waals surface area contributed by atoms with Crippen molar-refractivity contribution >= 4 is 31.6 Å². The maximum Gasteiger partial charge on any atom is 0.202 e. The Balaban J connectivity index is 1.77. The average molecular weight is 444 g/mol. The van der Waals surface area contributed by atoms with E-state index in [1.807, 2.05) is 11.5 Å². The van der Waals surface area contributed by atoms with E-state index in [9.17, 15) is 17.6 Å². The number of ketones is 1. The Kier molecular flexibility index (Phi) is 5.25. The summed E-state index contributed by atoms with van der Waals surface area (Å²) in [5.41, 5.74) is 2.03. The topological polar surface area (TPSA) is 65.4 Å². The number of aryl methyl sites for hydroxylation is 1. The first kappa shape index (κ1) is 19.1. The highest BCUT2D eigenvalue weighted by molar-refractivity contribution is 9.10. The lowest BCUT2D eigenvalue weighted by Crippen LogP contribution is -2.16. The fourth-order valence-electron chi connectivity index (χ4n) is 3.41. The standard InChI is InChI=1S/C18H19BrFNO4S/c1-11-7-15(12(2)21(11)14-5-6-26(23,24)10-14)17(22)9-25-18-4-3-13(19)8-16(18)20/h3-4,7-8,14H,5-6,9-10H2,1-2H3/t14-/m1/s1. The second-order valence-electron chi connectivity index (χ2n) is 6.50. The van der Waals surface area contributed by atoms with Gasteiger partial charge in [-0.05, 0) is 44.5 Å². The van der Waals surface area contributed by atoms with E-state index in [-0.39, 0.29) is 35.7 Å². The molecule has 1 fully saturated rings. The van der Waals surface area contributed by atoms with Crippen LogP contribution in [0.5, 0.6) is 5.75 Å². The molecule has 3 rings (SSSR count). The van der Waals surface area contributed by atoms with Crippen LogP contribution in [0.1, 0.15) is 34.2 Å². The van der Waals surface area contributed by atoms with Crippen molar-refractivity contribution in [3.63, 3.8) is 0 Å². The second kappa shape index (κ2) is 7.15. The Morgan fingerprint density at radius 3 is 2.69 bits per heavy atom. The molecule has 140 valence electrons. The number of Topliss-reactive ketones (excluding diaryl/α,β-unsaturated/α-hetero) is 1. The van der Waals surface area contributed by atoms with Crippen molar-refractivity contribution in [2.45, 2.75) is 26.3 Å². The van der Waals surface area contributed by atoms with Crippen molar-refractivity contribution < 1.29 is 22.3 Å². The van der Waals surface area contributed by atoms with Crippen molar-refractivity contribution in [2.24, 2.45) is 0 Å². The molecule has 0 unspecified atom stereocenters. The first-order chi connectivity index (χ1) is 12.2. The van der Waals surface area contributed by atoms with Gasteiger partial charge in [-0.15, -0.1) is 0 Å². The molecule has 8 heteroatoms. The minimum absolute atomic E-state index is 0.0113. The fourth-order valence-corrected chi connectivity index (χ4v) is 5.45. The molecule has 0 N–H and O–H groups in total. The predicted octanol–water partition coefficient (Wildman–Crippen LogP) is 3.63. The molecular formula is C18H19BrFNO4S. The number of rotatable bonds is 5. The summed E-state index contributed by atoms with van der Waals surface area (Å²) in [7, 11) is -3.02. The van der Waals surface area contributed by atoms with Crippen LogP contribution in [0.2, 0.25) is 0 Å². The van der Waals surface area contributed by atoms with Crippen molar-refractivity contribution in [3.05, 3.63) is 51.5 Å². The normalized spacial score (nSPS) is 18.8. The van der Waals surface area contributed by atoms with Gasteiger partial charge in [-0.25, -0.2) is 12.8 Å². The van der Waals surface area contributed by atoms with Gasteiger partial charge in [0.15, 0.2) is 28.0 Å². The first-order valence-electron chi connectivity index (χ1n) is 8.18. The number of benzene rings is 1. The van der Waals surface area contributed by atoms with E-state index in [2.05, 4.69) is 15.9 Å². The molecule has 0 amide bonds. The molecule has 1 saturated heterocycles. The quantitative estimate of drug-likeness (QED) is 0.661. The number of carbonyl (C=O) groups is 1. The third-order valence-corrected chi connectivity index (χ3v) is 6.85. The van der Waals surface area contributed by atoms with Crippen LogP contribution in [-0.2, 0) is 9.84 Å². The van der Waals surface area contributed by atoms with E-state index in [4.69, 9.17) is 4.74 Å². The molecule has 0 bridgehead atoms. The molecule has 1 aliphatic heterocycles. The SMILES string of the molecule is Cc1cc(C(=O)COc2ccc(Br)cc2F)c(C)n1[C@@H]1CCS(=O)(=O)C1. The van der Waals surface area contributed by atoms with Gasteiger partial charge in [0, 0.05) is 27.5 Å². The van der Waals surface area contributed by atoms with E-state index >= 15 is 0 Å². The minimum atomic E-state index is -3.02. The monoisotopic (exact) mass is 443 g/mol. The summed E-state index contributed by atoms with van der Waals surface area (Å²) in [6.45, 7) is 3.36. The van der Waals surface area contributed by atoms with Gasteiger partial charge in [-0.1, -0.05) is 15.9 Å². The molecule has 0 radical (unpaired) electrons. The van der Waals surface area contributed by atoms with Gasteiger partial charge in [0.1, 0.15) is 0 Å². The Bertz CT molecular complexity index is 968. The summed E-state index contributed by atoms with van der Waals surface area (Å²) < 4.78 is 45.1. The maximum atomic E-state index is 13.8. The van der Waals surface area contributed by atoms with Crippen molar-refractivity contribution in [1.82, 2.24) is 4.57 Å². The lowest BCUT2D eigenvalue weighted by atomic mass is 10.1. The van der Waals surface area contributed by atoms with Gasteiger partial charge in [-0.3, -0.25) is 4.79 Å². The molecule has 0 aliphatic carbocycles. The van der Waals surface area contributed by atoms with Gasteiger partial charge in [0.2, 0.25) is 5.78 Å². The number of aromatic nitrogens is 1. The summed E-state index contributed by atoms with van der Waals surface area (Å²) in [6.07, 6.45) is 0.549. The Hall–Kier alpha value is -1.67. The summed E-state index contributed by atoms with van der Waals surface area (Å²) in [6, 6.07) is 5.96. The maximum absolute atomic E-state index is 13.8. The summed E-state index contributed by atoms with van der Waals surface area (Å²) >= 11 is 3.17. The van der Waals surface area contributed by atoms with Crippen LogP contribution < -0.4 is 4.74 Å². The lowest BCUT2D eigenvalue weighted by molar-refractivity contribution is 0.0918. The van der Waals surface area contributed by atoms with Gasteiger partial charge >= 0.3 is 0 Å². The molecule has 1 atom stereocenters. The Morgan fingerprint density at radius 2 is 2.08 bits per heavy atom. The smallest absolute Gasteiger partial charge is 0.202 e. The average Bonchev–Trinajstić information content (AvgIpc) is 3.05.